The summed E-state index contributed by atoms with van der Waals surface area (Å²) in [5, 5.41) is 12.2. The smallest absolute Gasteiger partial charge is 0.348 e. The number of carbonyl (C=O) groups excluding carboxylic acids is 1. The van der Waals surface area contributed by atoms with Gasteiger partial charge in [-0.2, -0.15) is 0 Å². The van der Waals surface area contributed by atoms with Gasteiger partial charge in [0.15, 0.2) is 0 Å². The number of hydrogen-bond acceptors (Lipinski definition) is 3. The maximum atomic E-state index is 12.4. The molecule has 5 heteroatoms. The topological polar surface area (TPSA) is 66.4 Å². The third kappa shape index (κ3) is 3.77. The molecule has 1 aliphatic rings. The Morgan fingerprint density at radius 1 is 1.36 bits per heavy atom. The zero-order valence-electron chi connectivity index (χ0n) is 13.5. The fourth-order valence-corrected chi connectivity index (χ4v) is 3.46. The van der Waals surface area contributed by atoms with Crippen LogP contribution in [0.3, 0.4) is 0 Å². The molecule has 2 rings (SSSR count). The number of aromatic carboxylic acids is 1. The summed E-state index contributed by atoms with van der Waals surface area (Å²) in [6.07, 6.45) is 4.59. The first-order valence-corrected chi connectivity index (χ1v) is 8.34. The molecule has 0 unspecified atom stereocenters. The molecule has 0 saturated heterocycles. The van der Waals surface area contributed by atoms with Crippen molar-refractivity contribution in [1.82, 2.24) is 0 Å². The van der Waals surface area contributed by atoms with E-state index in [1.165, 1.54) is 16.9 Å². The second kappa shape index (κ2) is 6.24. The number of hydrogen-bond donors (Lipinski definition) is 2. The molecule has 1 aromatic heterocycles. The second-order valence-electron chi connectivity index (χ2n) is 6.92. The van der Waals surface area contributed by atoms with Gasteiger partial charge < -0.3 is 10.4 Å². The van der Waals surface area contributed by atoms with E-state index < -0.39 is 5.97 Å². The first-order valence-electron chi connectivity index (χ1n) is 7.52. The molecule has 1 aliphatic carbocycles. The van der Waals surface area contributed by atoms with Crippen molar-refractivity contribution in [2.45, 2.75) is 52.4 Å². The highest BCUT2D eigenvalue weighted by molar-refractivity contribution is 7.14. The Hall–Kier alpha value is -1.62. The number of anilines is 1. The molecule has 22 heavy (non-hydrogen) atoms. The Morgan fingerprint density at radius 3 is 2.55 bits per heavy atom. The van der Waals surface area contributed by atoms with Gasteiger partial charge in [-0.05, 0) is 37.7 Å². The predicted molar refractivity (Wildman–Crippen MR) is 89.7 cm³/mol. The molecule has 0 radical (unpaired) electrons. The summed E-state index contributed by atoms with van der Waals surface area (Å²) >= 11 is 1.24. The summed E-state index contributed by atoms with van der Waals surface area (Å²) in [5.41, 5.74) is 1.61. The summed E-state index contributed by atoms with van der Waals surface area (Å²) in [6.45, 7) is 8.17. The quantitative estimate of drug-likeness (QED) is 0.809. The van der Waals surface area contributed by atoms with E-state index in [0.717, 1.165) is 24.1 Å². The first kappa shape index (κ1) is 16.7. The number of carboxylic acid groups (broad SMARTS) is 1. The average Bonchev–Trinajstić information content (AvgIpc) is 2.83. The van der Waals surface area contributed by atoms with Crippen LogP contribution in [0, 0.1) is 5.92 Å². The van der Waals surface area contributed by atoms with Gasteiger partial charge in [-0.15, -0.1) is 11.3 Å². The Kier molecular flexibility index (Phi) is 4.75. The fraction of sp³-hybridized carbons (Fsp3) is 0.529. The first-order chi connectivity index (χ1) is 10.2. The maximum Gasteiger partial charge on any atom is 0.348 e. The molecular formula is C17H23NO3S. The summed E-state index contributed by atoms with van der Waals surface area (Å²) in [6, 6.07) is 1.80. The molecule has 2 N–H and O–H groups in total. The van der Waals surface area contributed by atoms with E-state index in [-0.39, 0.29) is 22.1 Å². The molecular weight excluding hydrogens is 298 g/mol. The van der Waals surface area contributed by atoms with Crippen molar-refractivity contribution >= 4 is 28.9 Å². The molecule has 0 aromatic carbocycles. The standard InChI is InChI=1S/C17H23NO3S/c1-10-5-7-11(8-6-10)15(19)18-12-9-13(17(2,3)4)22-14(12)16(20)21/h5,9,11H,6-8H2,1-4H3,(H,18,19)(H,20,21)/t11-/m0/s1. The number of rotatable bonds is 3. The SMILES string of the molecule is CC1=CC[C@H](C(=O)Nc2cc(C(C)(C)C)sc2C(=O)O)CC1. The van der Waals surface area contributed by atoms with Gasteiger partial charge in [0.2, 0.25) is 5.91 Å². The third-order valence-corrected chi connectivity index (χ3v) is 5.48. The molecule has 120 valence electrons. The van der Waals surface area contributed by atoms with Crippen LogP contribution in [0.2, 0.25) is 0 Å². The Labute approximate surface area is 135 Å². The molecule has 1 atom stereocenters. The van der Waals surface area contributed by atoms with Crippen molar-refractivity contribution in [3.63, 3.8) is 0 Å². The van der Waals surface area contributed by atoms with Crippen molar-refractivity contribution in [1.29, 1.82) is 0 Å². The van der Waals surface area contributed by atoms with Crippen LogP contribution in [0.4, 0.5) is 5.69 Å². The predicted octanol–water partition coefficient (Wildman–Crippen LogP) is 4.43. The van der Waals surface area contributed by atoms with E-state index in [4.69, 9.17) is 0 Å². The molecule has 1 amide bonds. The van der Waals surface area contributed by atoms with E-state index in [2.05, 4.69) is 18.3 Å². The lowest BCUT2D eigenvalue weighted by Crippen LogP contribution is -2.24. The third-order valence-electron chi connectivity index (χ3n) is 3.93. The van der Waals surface area contributed by atoms with Gasteiger partial charge in [0.25, 0.3) is 0 Å². The number of nitrogens with one attached hydrogen (secondary N) is 1. The molecule has 1 heterocycles. The Morgan fingerprint density at radius 2 is 2.05 bits per heavy atom. The van der Waals surface area contributed by atoms with Gasteiger partial charge in [0.05, 0.1) is 5.69 Å². The molecule has 4 nitrogen and oxygen atoms in total. The minimum Gasteiger partial charge on any atom is -0.477 e. The highest BCUT2D eigenvalue weighted by Crippen LogP contribution is 2.36. The van der Waals surface area contributed by atoms with Crippen LogP contribution in [0.5, 0.6) is 0 Å². The number of carbonyl (C=O) groups is 2. The Balaban J connectivity index is 2.20. The minimum atomic E-state index is -0.991. The zero-order chi connectivity index (χ0) is 16.5. The second-order valence-corrected chi connectivity index (χ2v) is 7.97. The van der Waals surface area contributed by atoms with Gasteiger partial charge in [-0.25, -0.2) is 4.79 Å². The Bertz CT molecular complexity index is 622. The van der Waals surface area contributed by atoms with Crippen LogP contribution in [-0.4, -0.2) is 17.0 Å². The highest BCUT2D eigenvalue weighted by atomic mass is 32.1. The summed E-state index contributed by atoms with van der Waals surface area (Å²) in [5.74, 6) is -1.14. The van der Waals surface area contributed by atoms with E-state index in [9.17, 15) is 14.7 Å². The van der Waals surface area contributed by atoms with Gasteiger partial charge in [0, 0.05) is 10.8 Å². The summed E-state index contributed by atoms with van der Waals surface area (Å²) in [7, 11) is 0. The summed E-state index contributed by atoms with van der Waals surface area (Å²) in [4.78, 5) is 25.0. The lowest BCUT2D eigenvalue weighted by molar-refractivity contribution is -0.120. The molecule has 0 aliphatic heterocycles. The largest absolute Gasteiger partial charge is 0.477 e. The van der Waals surface area contributed by atoms with Gasteiger partial charge in [-0.1, -0.05) is 32.4 Å². The van der Waals surface area contributed by atoms with Gasteiger partial charge >= 0.3 is 5.97 Å². The zero-order valence-corrected chi connectivity index (χ0v) is 14.3. The van der Waals surface area contributed by atoms with Crippen LogP contribution >= 0.6 is 11.3 Å². The fourth-order valence-electron chi connectivity index (χ4n) is 2.45. The molecule has 0 bridgehead atoms. The highest BCUT2D eigenvalue weighted by Gasteiger charge is 2.26. The van der Waals surface area contributed by atoms with E-state index >= 15 is 0 Å². The molecule has 0 spiro atoms. The number of carboxylic acids is 1. The van der Waals surface area contributed by atoms with Crippen molar-refractivity contribution in [3.8, 4) is 0 Å². The van der Waals surface area contributed by atoms with E-state index in [1.54, 1.807) is 6.07 Å². The number of thiophene rings is 1. The monoisotopic (exact) mass is 321 g/mol. The van der Waals surface area contributed by atoms with Crippen molar-refractivity contribution in [3.05, 3.63) is 27.5 Å². The lowest BCUT2D eigenvalue weighted by atomic mass is 9.89. The molecule has 1 aromatic rings. The van der Waals surface area contributed by atoms with Gasteiger partial charge in [-0.3, -0.25) is 4.79 Å². The maximum absolute atomic E-state index is 12.4. The van der Waals surface area contributed by atoms with Crippen LogP contribution in [0.25, 0.3) is 0 Å². The normalized spacial score (nSPS) is 18.7. The molecule has 0 fully saturated rings. The van der Waals surface area contributed by atoms with Crippen LogP contribution in [0.15, 0.2) is 17.7 Å². The average molecular weight is 321 g/mol. The van der Waals surface area contributed by atoms with Crippen LogP contribution in [-0.2, 0) is 10.2 Å². The molecule has 0 saturated carbocycles. The van der Waals surface area contributed by atoms with Crippen LogP contribution in [0.1, 0.15) is 61.5 Å². The van der Waals surface area contributed by atoms with Crippen molar-refractivity contribution < 1.29 is 14.7 Å². The van der Waals surface area contributed by atoms with Crippen LogP contribution < -0.4 is 5.32 Å². The number of allylic oxidation sites excluding steroid dienone is 2. The van der Waals surface area contributed by atoms with E-state index in [1.807, 2.05) is 20.8 Å². The van der Waals surface area contributed by atoms with Crippen molar-refractivity contribution in [2.75, 3.05) is 5.32 Å². The minimum absolute atomic E-state index is 0.0664. The van der Waals surface area contributed by atoms with E-state index in [0.29, 0.717) is 5.69 Å². The van der Waals surface area contributed by atoms with Crippen molar-refractivity contribution in [2.24, 2.45) is 5.92 Å². The summed E-state index contributed by atoms with van der Waals surface area (Å²) < 4.78 is 0. The van der Waals surface area contributed by atoms with Gasteiger partial charge in [0.1, 0.15) is 4.88 Å². The lowest BCUT2D eigenvalue weighted by Gasteiger charge is -2.19. The number of amides is 1.